The van der Waals surface area contributed by atoms with E-state index in [1.807, 2.05) is 0 Å². The molecule has 0 spiro atoms. The van der Waals surface area contributed by atoms with Crippen molar-refractivity contribution < 1.29 is 13.2 Å². The van der Waals surface area contributed by atoms with Gasteiger partial charge in [-0.15, -0.1) is 0 Å². The van der Waals surface area contributed by atoms with E-state index in [2.05, 4.69) is 0 Å². The summed E-state index contributed by atoms with van der Waals surface area (Å²) in [4.78, 5) is 0. The Morgan fingerprint density at radius 3 is 2.18 bits per heavy atom. The van der Waals surface area contributed by atoms with Crippen molar-refractivity contribution in [3.63, 3.8) is 0 Å². The van der Waals surface area contributed by atoms with Crippen LogP contribution in [0.1, 0.15) is 5.56 Å². The number of halogens is 3. The minimum absolute atomic E-state index is 0.138. The maximum absolute atomic E-state index is 13.3. The van der Waals surface area contributed by atoms with E-state index in [0.29, 0.717) is 0 Å². The maximum atomic E-state index is 13.3. The van der Waals surface area contributed by atoms with Gasteiger partial charge in [-0.05, 0) is 23.8 Å². The Hall–Kier alpha value is -2.28. The van der Waals surface area contributed by atoms with Crippen molar-refractivity contribution in [3.8, 4) is 17.2 Å². The first-order chi connectivity index (χ1) is 8.11. The Kier molecular flexibility index (Phi) is 2.84. The second-order valence-corrected chi connectivity index (χ2v) is 3.43. The normalized spacial score (nSPS) is 10.0. The molecule has 0 saturated carbocycles. The molecular formula is C13H6F3N. The van der Waals surface area contributed by atoms with Gasteiger partial charge in [-0.1, -0.05) is 12.1 Å². The minimum atomic E-state index is -0.770. The summed E-state index contributed by atoms with van der Waals surface area (Å²) in [5.41, 5.74) is 0.0851. The Morgan fingerprint density at radius 2 is 1.59 bits per heavy atom. The smallest absolute Gasteiger partial charge is 0.141 e. The maximum Gasteiger partial charge on any atom is 0.141 e. The molecule has 0 aromatic heterocycles. The molecule has 0 N–H and O–H groups in total. The molecule has 2 aromatic rings. The van der Waals surface area contributed by atoms with Crippen molar-refractivity contribution in [2.24, 2.45) is 0 Å². The largest absolute Gasteiger partial charge is 0.207 e. The van der Waals surface area contributed by atoms with Gasteiger partial charge >= 0.3 is 0 Å². The van der Waals surface area contributed by atoms with Crippen molar-refractivity contribution >= 4 is 0 Å². The van der Waals surface area contributed by atoms with Gasteiger partial charge in [0.2, 0.25) is 0 Å². The minimum Gasteiger partial charge on any atom is -0.207 e. The van der Waals surface area contributed by atoms with Crippen molar-refractivity contribution in [2.75, 3.05) is 0 Å². The second-order valence-electron chi connectivity index (χ2n) is 3.43. The van der Waals surface area contributed by atoms with E-state index in [4.69, 9.17) is 5.26 Å². The quantitative estimate of drug-likeness (QED) is 0.737. The summed E-state index contributed by atoms with van der Waals surface area (Å²) in [5.74, 6) is -2.25. The van der Waals surface area contributed by atoms with E-state index in [1.54, 1.807) is 6.07 Å². The van der Waals surface area contributed by atoms with E-state index < -0.39 is 17.5 Å². The second kappa shape index (κ2) is 4.30. The number of hydrogen-bond acceptors (Lipinski definition) is 1. The van der Waals surface area contributed by atoms with Crippen LogP contribution in [0.15, 0.2) is 36.4 Å². The molecule has 0 radical (unpaired) electrons. The average molecular weight is 233 g/mol. The fraction of sp³-hybridized carbons (Fsp3) is 0. The van der Waals surface area contributed by atoms with Gasteiger partial charge in [0.1, 0.15) is 23.5 Å². The Morgan fingerprint density at radius 1 is 0.941 bits per heavy atom. The van der Waals surface area contributed by atoms with Gasteiger partial charge in [0.25, 0.3) is 0 Å². The van der Waals surface area contributed by atoms with Gasteiger partial charge in [-0.2, -0.15) is 5.26 Å². The van der Waals surface area contributed by atoms with E-state index >= 15 is 0 Å². The van der Waals surface area contributed by atoms with E-state index in [1.165, 1.54) is 12.1 Å². The molecule has 0 aliphatic rings. The highest BCUT2D eigenvalue weighted by molar-refractivity contribution is 5.70. The van der Waals surface area contributed by atoms with Gasteiger partial charge in [0.15, 0.2) is 0 Å². The summed E-state index contributed by atoms with van der Waals surface area (Å²) in [6.07, 6.45) is 0. The summed E-state index contributed by atoms with van der Waals surface area (Å²) in [6, 6.07) is 8.45. The van der Waals surface area contributed by atoms with Crippen LogP contribution in [0.2, 0.25) is 0 Å². The van der Waals surface area contributed by atoms with Crippen LogP contribution < -0.4 is 0 Å². The summed E-state index contributed by atoms with van der Waals surface area (Å²) in [6.45, 7) is 0. The van der Waals surface area contributed by atoms with Crippen LogP contribution in [-0.2, 0) is 0 Å². The summed E-state index contributed by atoms with van der Waals surface area (Å²) < 4.78 is 39.4. The van der Waals surface area contributed by atoms with Crippen LogP contribution in [0.3, 0.4) is 0 Å². The zero-order valence-electron chi connectivity index (χ0n) is 8.55. The predicted octanol–water partition coefficient (Wildman–Crippen LogP) is 3.64. The molecule has 84 valence electrons. The lowest BCUT2D eigenvalue weighted by Crippen LogP contribution is -1.91. The number of rotatable bonds is 1. The fourth-order valence-corrected chi connectivity index (χ4v) is 1.59. The zero-order valence-corrected chi connectivity index (χ0v) is 8.55. The Balaban J connectivity index is 2.69. The zero-order chi connectivity index (χ0) is 12.4. The van der Waals surface area contributed by atoms with Crippen LogP contribution in [0.25, 0.3) is 11.1 Å². The first kappa shape index (κ1) is 11.2. The van der Waals surface area contributed by atoms with Gasteiger partial charge in [0.05, 0.1) is 5.56 Å². The molecule has 0 heterocycles. The molecule has 2 rings (SSSR count). The number of nitrogens with zero attached hydrogens (tertiary/aromatic N) is 1. The van der Waals surface area contributed by atoms with Gasteiger partial charge in [-0.3, -0.25) is 0 Å². The molecule has 4 heteroatoms. The molecule has 17 heavy (non-hydrogen) atoms. The molecule has 0 atom stereocenters. The highest BCUT2D eigenvalue weighted by Crippen LogP contribution is 2.26. The van der Waals surface area contributed by atoms with Gasteiger partial charge in [-0.25, -0.2) is 13.2 Å². The third-order valence-corrected chi connectivity index (χ3v) is 2.30. The van der Waals surface area contributed by atoms with E-state index in [9.17, 15) is 13.2 Å². The third-order valence-electron chi connectivity index (χ3n) is 2.30. The molecule has 0 unspecified atom stereocenters. The van der Waals surface area contributed by atoms with Crippen molar-refractivity contribution in [2.45, 2.75) is 0 Å². The SMILES string of the molecule is N#Cc1c(F)cccc1-c1cc(F)cc(F)c1. The van der Waals surface area contributed by atoms with Gasteiger partial charge < -0.3 is 0 Å². The molecule has 0 aliphatic carbocycles. The predicted molar refractivity (Wildman–Crippen MR) is 56.5 cm³/mol. The summed E-state index contributed by atoms with van der Waals surface area (Å²) in [7, 11) is 0. The molecule has 0 saturated heterocycles. The number of nitriles is 1. The lowest BCUT2D eigenvalue weighted by atomic mass is 10.00. The Bertz CT molecular complexity index is 594. The monoisotopic (exact) mass is 233 g/mol. The van der Waals surface area contributed by atoms with Crippen molar-refractivity contribution in [1.82, 2.24) is 0 Å². The van der Waals surface area contributed by atoms with Crippen LogP contribution in [-0.4, -0.2) is 0 Å². The summed E-state index contributed by atoms with van der Waals surface area (Å²) >= 11 is 0. The van der Waals surface area contributed by atoms with Crippen molar-refractivity contribution in [1.29, 1.82) is 5.26 Å². The van der Waals surface area contributed by atoms with Crippen LogP contribution in [0, 0.1) is 28.8 Å². The highest BCUT2D eigenvalue weighted by Gasteiger charge is 2.11. The fourth-order valence-electron chi connectivity index (χ4n) is 1.59. The van der Waals surface area contributed by atoms with Crippen molar-refractivity contribution in [3.05, 3.63) is 59.4 Å². The van der Waals surface area contributed by atoms with Gasteiger partial charge in [0, 0.05) is 11.6 Å². The molecule has 1 nitrogen and oxygen atoms in total. The van der Waals surface area contributed by atoms with Crippen LogP contribution in [0.4, 0.5) is 13.2 Å². The molecule has 0 amide bonds. The lowest BCUT2D eigenvalue weighted by Gasteiger charge is -2.05. The first-order valence-corrected chi connectivity index (χ1v) is 4.77. The molecule has 0 bridgehead atoms. The Labute approximate surface area is 95.7 Å². The highest BCUT2D eigenvalue weighted by atomic mass is 19.1. The van der Waals surface area contributed by atoms with Crippen LogP contribution >= 0.6 is 0 Å². The average Bonchev–Trinajstić information content (AvgIpc) is 2.27. The molecule has 0 fully saturated rings. The molecule has 0 aliphatic heterocycles. The van der Waals surface area contributed by atoms with E-state index in [-0.39, 0.29) is 16.7 Å². The standard InChI is InChI=1S/C13H6F3N/c14-9-4-8(5-10(15)6-9)11-2-1-3-13(16)12(11)7-17/h1-6H. The third kappa shape index (κ3) is 2.13. The topological polar surface area (TPSA) is 23.8 Å². The lowest BCUT2D eigenvalue weighted by molar-refractivity contribution is 0.584. The van der Waals surface area contributed by atoms with E-state index in [0.717, 1.165) is 24.3 Å². The first-order valence-electron chi connectivity index (χ1n) is 4.77. The summed E-state index contributed by atoms with van der Waals surface area (Å²) in [5, 5.41) is 8.82. The molecular weight excluding hydrogens is 227 g/mol. The van der Waals surface area contributed by atoms with Crippen LogP contribution in [0.5, 0.6) is 0 Å². The molecule has 2 aromatic carbocycles. The number of hydrogen-bond donors (Lipinski definition) is 0. The number of benzene rings is 2.